The first-order chi connectivity index (χ1) is 16.0. The summed E-state index contributed by atoms with van der Waals surface area (Å²) in [5.74, 6) is 1.42. The third kappa shape index (κ3) is 5.78. The van der Waals surface area contributed by atoms with E-state index < -0.39 is 0 Å². The molecular formula is C24H35N5O4. The van der Waals surface area contributed by atoms with Gasteiger partial charge in [0.2, 0.25) is 5.88 Å². The molecule has 1 aromatic carbocycles. The Morgan fingerprint density at radius 2 is 1.94 bits per heavy atom. The van der Waals surface area contributed by atoms with E-state index in [-0.39, 0.29) is 11.6 Å². The molecule has 9 heteroatoms. The van der Waals surface area contributed by atoms with Crippen molar-refractivity contribution in [1.82, 2.24) is 19.0 Å². The maximum atomic E-state index is 12.9. The highest BCUT2D eigenvalue weighted by Gasteiger charge is 2.20. The molecule has 0 bridgehead atoms. The Kier molecular flexibility index (Phi) is 7.72. The van der Waals surface area contributed by atoms with Gasteiger partial charge in [0.15, 0.2) is 0 Å². The summed E-state index contributed by atoms with van der Waals surface area (Å²) in [6.45, 7) is 9.07. The quantitative estimate of drug-likeness (QED) is 0.582. The van der Waals surface area contributed by atoms with E-state index in [1.807, 2.05) is 18.2 Å². The van der Waals surface area contributed by atoms with Crippen LogP contribution in [0.4, 0.5) is 0 Å². The van der Waals surface area contributed by atoms with Gasteiger partial charge in [0.1, 0.15) is 11.5 Å². The molecule has 0 aliphatic carbocycles. The van der Waals surface area contributed by atoms with Crippen molar-refractivity contribution in [1.29, 1.82) is 0 Å². The molecule has 0 unspecified atom stereocenters. The first kappa shape index (κ1) is 23.4. The fourth-order valence-corrected chi connectivity index (χ4v) is 4.21. The maximum Gasteiger partial charge on any atom is 0.351 e. The maximum absolute atomic E-state index is 12.9. The fourth-order valence-electron chi connectivity index (χ4n) is 4.21. The summed E-state index contributed by atoms with van der Waals surface area (Å²) in [4.78, 5) is 17.7. The highest BCUT2D eigenvalue weighted by molar-refractivity contribution is 6.04. The predicted octanol–water partition coefficient (Wildman–Crippen LogP) is 2.21. The summed E-state index contributed by atoms with van der Waals surface area (Å²) in [6, 6.07) is 5.66. The van der Waals surface area contributed by atoms with E-state index in [0.29, 0.717) is 26.2 Å². The Hall–Kier alpha value is -2.78. The molecule has 9 nitrogen and oxygen atoms in total. The third-order valence-corrected chi connectivity index (χ3v) is 6.20. The number of piperazine rings is 1. The van der Waals surface area contributed by atoms with Gasteiger partial charge in [-0.2, -0.15) is 9.78 Å². The van der Waals surface area contributed by atoms with Crippen LogP contribution in [0.3, 0.4) is 0 Å². The molecule has 33 heavy (non-hydrogen) atoms. The molecule has 0 amide bonds. The van der Waals surface area contributed by atoms with Gasteiger partial charge in [0.25, 0.3) is 0 Å². The lowest BCUT2D eigenvalue weighted by molar-refractivity contribution is 0.151. The molecule has 1 saturated heterocycles. The highest BCUT2D eigenvalue weighted by atomic mass is 16.5. The Morgan fingerprint density at radius 1 is 1.15 bits per heavy atom. The number of aromatic nitrogens is 2. The Balaban J connectivity index is 1.42. The summed E-state index contributed by atoms with van der Waals surface area (Å²) in [7, 11) is 2.15. The van der Waals surface area contributed by atoms with Crippen LogP contribution in [0.5, 0.6) is 17.4 Å². The van der Waals surface area contributed by atoms with Gasteiger partial charge in [-0.3, -0.25) is 4.57 Å². The van der Waals surface area contributed by atoms with Crippen molar-refractivity contribution in [3.8, 4) is 17.4 Å². The molecular weight excluding hydrogens is 422 g/mol. The van der Waals surface area contributed by atoms with Gasteiger partial charge in [0, 0.05) is 44.7 Å². The van der Waals surface area contributed by atoms with Crippen LogP contribution in [-0.2, 0) is 6.54 Å². The summed E-state index contributed by atoms with van der Waals surface area (Å²) in [5, 5.41) is 14.9. The highest BCUT2D eigenvalue weighted by Crippen LogP contribution is 2.29. The average Bonchev–Trinajstić information content (AvgIpc) is 3.09. The van der Waals surface area contributed by atoms with Crippen LogP contribution in [0.2, 0.25) is 0 Å². The Bertz CT molecular complexity index is 1020. The Morgan fingerprint density at radius 3 is 2.73 bits per heavy atom. The number of likely N-dealkylation sites (N-methyl/N-ethyl adjacent to an activating group) is 1. The normalized spacial score (nSPS) is 18.3. The minimum atomic E-state index is -0.328. The lowest BCUT2D eigenvalue weighted by Gasteiger charge is -2.32. The predicted molar refractivity (Wildman–Crippen MR) is 128 cm³/mol. The van der Waals surface area contributed by atoms with Crippen molar-refractivity contribution in [3.63, 3.8) is 0 Å². The number of unbranched alkanes of at least 4 members (excludes halogenated alkanes) is 1. The minimum Gasteiger partial charge on any atom is -0.494 e. The summed E-state index contributed by atoms with van der Waals surface area (Å²) < 4.78 is 14.1. The first-order valence-electron chi connectivity index (χ1n) is 11.9. The zero-order valence-corrected chi connectivity index (χ0v) is 19.7. The number of fused-ring (bicyclic) bond motifs is 1. The van der Waals surface area contributed by atoms with E-state index >= 15 is 0 Å². The van der Waals surface area contributed by atoms with E-state index in [1.54, 1.807) is 0 Å². The average molecular weight is 458 g/mol. The van der Waals surface area contributed by atoms with Crippen LogP contribution in [-0.4, -0.2) is 82.8 Å². The van der Waals surface area contributed by atoms with Gasteiger partial charge < -0.3 is 24.4 Å². The largest absolute Gasteiger partial charge is 0.494 e. The van der Waals surface area contributed by atoms with Crippen LogP contribution >= 0.6 is 0 Å². The van der Waals surface area contributed by atoms with Crippen LogP contribution in [0.25, 0.3) is 0 Å². The summed E-state index contributed by atoms with van der Waals surface area (Å²) in [5.41, 5.74) is 1.24. The van der Waals surface area contributed by atoms with Crippen molar-refractivity contribution in [3.05, 3.63) is 40.4 Å². The SMILES string of the molecule is CCCOc1ccc2c(c1)/C(=N/n1cc(O)n(CCCCN3CCN(C)CC3)c1=O)CCO2. The van der Waals surface area contributed by atoms with Crippen LogP contribution in [0.1, 0.15) is 38.2 Å². The molecule has 4 rings (SSSR count). The van der Waals surface area contributed by atoms with Crippen LogP contribution in [0, 0.1) is 0 Å². The second kappa shape index (κ2) is 10.9. The molecule has 0 radical (unpaired) electrons. The van der Waals surface area contributed by atoms with Gasteiger partial charge in [-0.05, 0) is 51.1 Å². The van der Waals surface area contributed by atoms with Crippen molar-refractivity contribution in [2.24, 2.45) is 5.10 Å². The lowest BCUT2D eigenvalue weighted by atomic mass is 10.0. The van der Waals surface area contributed by atoms with Crippen molar-refractivity contribution in [2.75, 3.05) is 53.0 Å². The van der Waals surface area contributed by atoms with Gasteiger partial charge in [0.05, 0.1) is 25.1 Å². The van der Waals surface area contributed by atoms with E-state index in [0.717, 1.165) is 74.8 Å². The molecule has 2 aliphatic heterocycles. The second-order valence-electron chi connectivity index (χ2n) is 8.77. The van der Waals surface area contributed by atoms with Crippen LogP contribution < -0.4 is 15.2 Å². The summed E-state index contributed by atoms with van der Waals surface area (Å²) >= 11 is 0. The minimum absolute atomic E-state index is 0.0590. The Labute approximate surface area is 194 Å². The molecule has 2 aromatic rings. The van der Waals surface area contributed by atoms with E-state index in [4.69, 9.17) is 9.47 Å². The van der Waals surface area contributed by atoms with E-state index in [1.165, 1.54) is 15.4 Å². The molecule has 0 spiro atoms. The van der Waals surface area contributed by atoms with Gasteiger partial charge in [-0.15, -0.1) is 0 Å². The van der Waals surface area contributed by atoms with Crippen LogP contribution in [0.15, 0.2) is 34.3 Å². The molecule has 3 heterocycles. The molecule has 0 saturated carbocycles. The third-order valence-electron chi connectivity index (χ3n) is 6.20. The number of benzene rings is 1. The number of aromatic hydroxyl groups is 1. The smallest absolute Gasteiger partial charge is 0.351 e. The lowest BCUT2D eigenvalue weighted by Crippen LogP contribution is -2.44. The van der Waals surface area contributed by atoms with E-state index in [9.17, 15) is 9.90 Å². The molecule has 1 aromatic heterocycles. The molecule has 1 N–H and O–H groups in total. The topological polar surface area (TPSA) is 84.5 Å². The number of hydrogen-bond donors (Lipinski definition) is 1. The standard InChI is InChI=1S/C24H35N5O4/c1-3-15-32-19-6-7-22-20(17-19)21(8-16-33-22)25-29-18-23(30)28(24(29)31)10-5-4-9-27-13-11-26(2)12-14-27/h6-7,17-18,30H,3-5,8-16H2,1-2H3/b25-21+. The van der Waals surface area contributed by atoms with Gasteiger partial charge >= 0.3 is 5.69 Å². The number of ether oxygens (including phenoxy) is 2. The van der Waals surface area contributed by atoms with Gasteiger partial charge in [-0.1, -0.05) is 6.92 Å². The van der Waals surface area contributed by atoms with Crippen molar-refractivity contribution in [2.45, 2.75) is 39.2 Å². The van der Waals surface area contributed by atoms with E-state index in [2.05, 4.69) is 28.9 Å². The first-order valence-corrected chi connectivity index (χ1v) is 11.9. The zero-order valence-electron chi connectivity index (χ0n) is 19.7. The number of hydrogen-bond acceptors (Lipinski definition) is 7. The molecule has 1 fully saturated rings. The number of rotatable bonds is 9. The summed E-state index contributed by atoms with van der Waals surface area (Å²) in [6.07, 6.45) is 4.71. The van der Waals surface area contributed by atoms with Crippen molar-refractivity contribution < 1.29 is 14.6 Å². The fraction of sp³-hybridized carbons (Fsp3) is 0.583. The van der Waals surface area contributed by atoms with Crippen molar-refractivity contribution >= 4 is 5.71 Å². The zero-order chi connectivity index (χ0) is 23.2. The molecule has 2 aliphatic rings. The monoisotopic (exact) mass is 457 g/mol. The number of nitrogens with zero attached hydrogens (tertiary/aromatic N) is 5. The molecule has 180 valence electrons. The van der Waals surface area contributed by atoms with Gasteiger partial charge in [-0.25, -0.2) is 4.79 Å². The molecule has 0 atom stereocenters. The second-order valence-corrected chi connectivity index (χ2v) is 8.77. The number of imidazole rings is 1.